The standard InChI is InChI=1S/C43H26O3/c1-25-17-19-26(20-18-25)27-21-22-30(39-34-10-3-6-15-37(34)45-42(27)39)33-24-23-29(40-35-11-4-7-16-38(35)46-43(33)40)32-13-8-12-31-28-9-2-5-14-36(28)44-41(31)32/h2-24H,1H3. The molecule has 3 heteroatoms. The highest BCUT2D eigenvalue weighted by molar-refractivity contribution is 6.23. The minimum absolute atomic E-state index is 0.849. The Balaban J connectivity index is 1.30. The summed E-state index contributed by atoms with van der Waals surface area (Å²) in [5.41, 5.74) is 12.9. The maximum Gasteiger partial charge on any atom is 0.143 e. The number of benzene rings is 7. The molecule has 0 amide bonds. The van der Waals surface area contributed by atoms with Crippen molar-refractivity contribution in [1.29, 1.82) is 0 Å². The Bertz CT molecular complexity index is 2810. The second-order valence-corrected chi connectivity index (χ2v) is 12.1. The van der Waals surface area contributed by atoms with Crippen LogP contribution in [0, 0.1) is 6.92 Å². The molecular weight excluding hydrogens is 564 g/mol. The van der Waals surface area contributed by atoms with E-state index in [1.54, 1.807) is 0 Å². The molecule has 0 bridgehead atoms. The molecular formula is C43H26O3. The zero-order valence-corrected chi connectivity index (χ0v) is 25.0. The van der Waals surface area contributed by atoms with Crippen LogP contribution in [0.25, 0.3) is 99.2 Å². The lowest BCUT2D eigenvalue weighted by molar-refractivity contribution is 0.669. The molecule has 0 spiro atoms. The maximum absolute atomic E-state index is 6.78. The molecule has 0 unspecified atom stereocenters. The van der Waals surface area contributed by atoms with E-state index in [9.17, 15) is 0 Å². The predicted octanol–water partition coefficient (Wildman–Crippen LogP) is 12.7. The van der Waals surface area contributed by atoms with Crippen molar-refractivity contribution in [1.82, 2.24) is 0 Å². The molecule has 3 heterocycles. The van der Waals surface area contributed by atoms with Gasteiger partial charge in [-0.1, -0.05) is 115 Å². The molecule has 0 saturated carbocycles. The van der Waals surface area contributed by atoms with Crippen LogP contribution in [0.2, 0.25) is 0 Å². The number of hydrogen-bond acceptors (Lipinski definition) is 3. The number of furan rings is 3. The van der Waals surface area contributed by atoms with Gasteiger partial charge in [0.1, 0.15) is 33.5 Å². The van der Waals surface area contributed by atoms with Crippen molar-refractivity contribution in [3.8, 4) is 33.4 Å². The van der Waals surface area contributed by atoms with Gasteiger partial charge in [0.25, 0.3) is 0 Å². The van der Waals surface area contributed by atoms with Crippen LogP contribution >= 0.6 is 0 Å². The van der Waals surface area contributed by atoms with Gasteiger partial charge < -0.3 is 13.3 Å². The number of fused-ring (bicyclic) bond motifs is 9. The first kappa shape index (κ1) is 25.3. The first-order valence-electron chi connectivity index (χ1n) is 15.6. The van der Waals surface area contributed by atoms with Crippen LogP contribution in [0.5, 0.6) is 0 Å². The zero-order chi connectivity index (χ0) is 30.4. The zero-order valence-electron chi connectivity index (χ0n) is 25.0. The molecule has 3 aromatic heterocycles. The van der Waals surface area contributed by atoms with Crippen molar-refractivity contribution >= 4 is 65.8 Å². The summed E-state index contributed by atoms with van der Waals surface area (Å²) in [4.78, 5) is 0. The molecule has 0 aliphatic rings. The summed E-state index contributed by atoms with van der Waals surface area (Å²) in [5.74, 6) is 0. The van der Waals surface area contributed by atoms with Crippen molar-refractivity contribution < 1.29 is 13.3 Å². The Morgan fingerprint density at radius 2 is 0.783 bits per heavy atom. The molecule has 0 N–H and O–H groups in total. The average Bonchev–Trinajstić information content (AvgIpc) is 3.80. The highest BCUT2D eigenvalue weighted by Crippen LogP contribution is 2.48. The number of hydrogen-bond donors (Lipinski definition) is 0. The summed E-state index contributed by atoms with van der Waals surface area (Å²) in [6.07, 6.45) is 0. The predicted molar refractivity (Wildman–Crippen MR) is 189 cm³/mol. The molecule has 0 aliphatic heterocycles. The minimum atomic E-state index is 0.849. The number of para-hydroxylation sites is 4. The van der Waals surface area contributed by atoms with E-state index in [1.165, 1.54) is 5.56 Å². The van der Waals surface area contributed by atoms with Gasteiger partial charge in [-0.15, -0.1) is 0 Å². The first-order valence-corrected chi connectivity index (χ1v) is 15.6. The van der Waals surface area contributed by atoms with Crippen LogP contribution in [0.1, 0.15) is 5.56 Å². The minimum Gasteiger partial charge on any atom is -0.455 e. The topological polar surface area (TPSA) is 39.4 Å². The second kappa shape index (κ2) is 9.47. The fourth-order valence-corrected chi connectivity index (χ4v) is 7.24. The van der Waals surface area contributed by atoms with Crippen LogP contribution in [-0.4, -0.2) is 0 Å². The van der Waals surface area contributed by atoms with Gasteiger partial charge in [-0.3, -0.25) is 0 Å². The summed E-state index contributed by atoms with van der Waals surface area (Å²) >= 11 is 0. The lowest BCUT2D eigenvalue weighted by Crippen LogP contribution is -1.87. The van der Waals surface area contributed by atoms with E-state index < -0.39 is 0 Å². The fourth-order valence-electron chi connectivity index (χ4n) is 7.24. The van der Waals surface area contributed by atoms with Gasteiger partial charge in [0.05, 0.1) is 0 Å². The Morgan fingerprint density at radius 1 is 0.326 bits per heavy atom. The van der Waals surface area contributed by atoms with Gasteiger partial charge in [0, 0.05) is 49.0 Å². The van der Waals surface area contributed by atoms with E-state index in [4.69, 9.17) is 13.3 Å². The van der Waals surface area contributed by atoms with Gasteiger partial charge in [0.2, 0.25) is 0 Å². The molecule has 3 nitrogen and oxygen atoms in total. The number of rotatable bonds is 3. The Hall–Kier alpha value is -6.06. The monoisotopic (exact) mass is 590 g/mol. The van der Waals surface area contributed by atoms with Crippen molar-refractivity contribution in [2.75, 3.05) is 0 Å². The SMILES string of the molecule is Cc1ccc(-c2ccc(-c3ccc(-c4cccc5c4oc4ccccc45)c4c3oc3ccccc34)c3c2oc2ccccc23)cc1. The molecule has 0 fully saturated rings. The van der Waals surface area contributed by atoms with Crippen molar-refractivity contribution in [2.45, 2.75) is 6.92 Å². The second-order valence-electron chi connectivity index (χ2n) is 12.1. The molecule has 10 rings (SSSR count). The Morgan fingerprint density at radius 3 is 1.43 bits per heavy atom. The molecule has 0 atom stereocenters. The van der Waals surface area contributed by atoms with Crippen molar-refractivity contribution in [3.63, 3.8) is 0 Å². The Kier molecular flexibility index (Phi) is 5.20. The summed E-state index contributed by atoms with van der Waals surface area (Å²) in [7, 11) is 0. The average molecular weight is 591 g/mol. The van der Waals surface area contributed by atoms with E-state index in [0.29, 0.717) is 0 Å². The van der Waals surface area contributed by atoms with Crippen LogP contribution < -0.4 is 0 Å². The quantitative estimate of drug-likeness (QED) is 0.205. The number of aryl methyl sites for hydroxylation is 1. The molecule has 0 aliphatic carbocycles. The molecule has 46 heavy (non-hydrogen) atoms. The normalized spacial score (nSPS) is 12.0. The van der Waals surface area contributed by atoms with Crippen LogP contribution in [0.3, 0.4) is 0 Å². The third-order valence-corrected chi connectivity index (χ3v) is 9.40. The van der Waals surface area contributed by atoms with E-state index in [-0.39, 0.29) is 0 Å². The van der Waals surface area contributed by atoms with Gasteiger partial charge >= 0.3 is 0 Å². The Labute approximate surface area is 263 Å². The van der Waals surface area contributed by atoms with Crippen molar-refractivity contribution in [2.24, 2.45) is 0 Å². The van der Waals surface area contributed by atoms with E-state index in [1.807, 2.05) is 36.4 Å². The van der Waals surface area contributed by atoms with Crippen LogP contribution in [0.4, 0.5) is 0 Å². The largest absolute Gasteiger partial charge is 0.455 e. The van der Waals surface area contributed by atoms with Gasteiger partial charge in [0.15, 0.2) is 0 Å². The van der Waals surface area contributed by atoms with Crippen LogP contribution in [0.15, 0.2) is 153 Å². The van der Waals surface area contributed by atoms with E-state index in [2.05, 4.69) is 110 Å². The summed E-state index contributed by atoms with van der Waals surface area (Å²) < 4.78 is 19.9. The molecule has 0 radical (unpaired) electrons. The highest BCUT2D eigenvalue weighted by atomic mass is 16.3. The summed E-state index contributed by atoms with van der Waals surface area (Å²) in [6, 6.07) is 48.7. The summed E-state index contributed by atoms with van der Waals surface area (Å²) in [6.45, 7) is 2.11. The van der Waals surface area contributed by atoms with Gasteiger partial charge in [-0.05, 0) is 53.9 Å². The third kappa shape index (κ3) is 3.54. The third-order valence-electron chi connectivity index (χ3n) is 9.40. The fraction of sp³-hybridized carbons (Fsp3) is 0.0233. The first-order chi connectivity index (χ1) is 22.7. The summed E-state index contributed by atoms with van der Waals surface area (Å²) in [5, 5.41) is 6.55. The molecule has 216 valence electrons. The lowest BCUT2D eigenvalue weighted by atomic mass is 9.90. The van der Waals surface area contributed by atoms with E-state index >= 15 is 0 Å². The smallest absolute Gasteiger partial charge is 0.143 e. The van der Waals surface area contributed by atoms with Gasteiger partial charge in [-0.2, -0.15) is 0 Å². The van der Waals surface area contributed by atoms with E-state index in [0.717, 1.165) is 99.2 Å². The molecule has 7 aromatic carbocycles. The van der Waals surface area contributed by atoms with Crippen molar-refractivity contribution in [3.05, 3.63) is 145 Å². The lowest BCUT2D eigenvalue weighted by Gasteiger charge is -2.12. The molecule has 10 aromatic rings. The van der Waals surface area contributed by atoms with Gasteiger partial charge in [-0.25, -0.2) is 0 Å². The highest BCUT2D eigenvalue weighted by Gasteiger charge is 2.23. The molecule has 0 saturated heterocycles. The van der Waals surface area contributed by atoms with Crippen LogP contribution in [-0.2, 0) is 0 Å². The maximum atomic E-state index is 6.78.